The zero-order valence-corrected chi connectivity index (χ0v) is 20.7. The Hall–Kier alpha value is -1.98. The summed E-state index contributed by atoms with van der Waals surface area (Å²) in [6.45, 7) is 7.29. The molecule has 2 heterocycles. The van der Waals surface area contributed by atoms with Crippen LogP contribution in [0, 0.1) is 13.8 Å². The molecule has 2 spiro atoms. The van der Waals surface area contributed by atoms with Gasteiger partial charge in [-0.3, -0.25) is 0 Å². The standard InChI is InChI=1S/C15H20O2.C15H18O2/c2*1-12-2-4-13(5-3-12)14-6-8-15(9-7-14)16-10-11-17-15/h2-5,14H,6-11H2,1H3;2-6H,7-11H2,1H3. The third-order valence-corrected chi connectivity index (χ3v) is 7.78. The molecule has 2 aromatic carbocycles. The Morgan fingerprint density at radius 1 is 0.647 bits per heavy atom. The largest absolute Gasteiger partial charge is 0.348 e. The van der Waals surface area contributed by atoms with Gasteiger partial charge < -0.3 is 18.9 Å². The summed E-state index contributed by atoms with van der Waals surface area (Å²) in [5, 5.41) is 0. The maximum atomic E-state index is 5.76. The van der Waals surface area contributed by atoms with Crippen LogP contribution in [-0.4, -0.2) is 38.0 Å². The van der Waals surface area contributed by atoms with Gasteiger partial charge in [-0.05, 0) is 55.7 Å². The molecule has 1 saturated carbocycles. The predicted octanol–water partition coefficient (Wildman–Crippen LogP) is 6.70. The van der Waals surface area contributed by atoms with E-state index < -0.39 is 0 Å². The van der Waals surface area contributed by atoms with Gasteiger partial charge >= 0.3 is 0 Å². The van der Waals surface area contributed by atoms with Crippen LogP contribution in [0.2, 0.25) is 0 Å². The van der Waals surface area contributed by atoms with Crippen molar-refractivity contribution in [2.24, 2.45) is 0 Å². The number of hydrogen-bond acceptors (Lipinski definition) is 4. The number of allylic oxidation sites excluding steroid dienone is 1. The summed E-state index contributed by atoms with van der Waals surface area (Å²) in [7, 11) is 0. The van der Waals surface area contributed by atoms with E-state index in [1.54, 1.807) is 0 Å². The van der Waals surface area contributed by atoms with Crippen LogP contribution in [0.25, 0.3) is 5.57 Å². The lowest BCUT2D eigenvalue weighted by molar-refractivity contribution is -0.178. The molecule has 0 aromatic heterocycles. The van der Waals surface area contributed by atoms with Crippen LogP contribution in [0.3, 0.4) is 0 Å². The minimum absolute atomic E-state index is 0.221. The van der Waals surface area contributed by atoms with Crippen molar-refractivity contribution in [1.82, 2.24) is 0 Å². The molecular formula is C30H38O4. The highest BCUT2D eigenvalue weighted by Gasteiger charge is 2.40. The first-order valence-corrected chi connectivity index (χ1v) is 12.9. The lowest BCUT2D eigenvalue weighted by Crippen LogP contribution is -2.34. The second-order valence-corrected chi connectivity index (χ2v) is 10.2. The van der Waals surface area contributed by atoms with E-state index in [-0.39, 0.29) is 11.6 Å². The third kappa shape index (κ3) is 5.46. The first-order valence-electron chi connectivity index (χ1n) is 12.9. The van der Waals surface area contributed by atoms with Gasteiger partial charge in [-0.15, -0.1) is 0 Å². The lowest BCUT2D eigenvalue weighted by Gasteiger charge is -2.35. The number of rotatable bonds is 2. The van der Waals surface area contributed by atoms with E-state index in [1.807, 2.05) is 0 Å². The average molecular weight is 463 g/mol. The van der Waals surface area contributed by atoms with Crippen molar-refractivity contribution >= 4 is 5.57 Å². The molecule has 4 heteroatoms. The second-order valence-electron chi connectivity index (χ2n) is 10.2. The molecule has 2 saturated heterocycles. The summed E-state index contributed by atoms with van der Waals surface area (Å²) in [5.41, 5.74) is 6.88. The Bertz CT molecular complexity index is 954. The Morgan fingerprint density at radius 2 is 1.18 bits per heavy atom. The van der Waals surface area contributed by atoms with Gasteiger partial charge in [0.15, 0.2) is 11.6 Å². The van der Waals surface area contributed by atoms with Crippen molar-refractivity contribution in [3.8, 4) is 0 Å². The maximum absolute atomic E-state index is 5.76. The molecule has 2 aliphatic heterocycles. The van der Waals surface area contributed by atoms with Gasteiger partial charge in [0.1, 0.15) is 0 Å². The number of ether oxygens (including phenoxy) is 4. The van der Waals surface area contributed by atoms with Crippen LogP contribution in [0.4, 0.5) is 0 Å². The molecule has 4 aliphatic rings. The molecular weight excluding hydrogens is 424 g/mol. The minimum Gasteiger partial charge on any atom is -0.348 e. The van der Waals surface area contributed by atoms with Crippen LogP contribution in [0.15, 0.2) is 54.6 Å². The summed E-state index contributed by atoms with van der Waals surface area (Å²) in [6.07, 6.45) is 9.65. The molecule has 0 amide bonds. The van der Waals surface area contributed by atoms with Gasteiger partial charge in [-0.2, -0.15) is 0 Å². The molecule has 34 heavy (non-hydrogen) atoms. The van der Waals surface area contributed by atoms with Gasteiger partial charge in [0.2, 0.25) is 0 Å². The molecule has 6 rings (SSSR count). The second kappa shape index (κ2) is 10.3. The molecule has 4 nitrogen and oxygen atoms in total. The minimum atomic E-state index is -0.297. The maximum Gasteiger partial charge on any atom is 0.172 e. The smallest absolute Gasteiger partial charge is 0.172 e. The highest BCUT2D eigenvalue weighted by atomic mass is 16.7. The Labute approximate surface area is 204 Å². The van der Waals surface area contributed by atoms with Gasteiger partial charge in [-0.1, -0.05) is 65.7 Å². The zero-order chi connectivity index (χ0) is 23.4. The summed E-state index contributed by atoms with van der Waals surface area (Å²) in [5.74, 6) is 0.170. The van der Waals surface area contributed by atoms with E-state index in [0.29, 0.717) is 5.92 Å². The van der Waals surface area contributed by atoms with E-state index in [9.17, 15) is 0 Å². The van der Waals surface area contributed by atoms with Crippen molar-refractivity contribution in [2.75, 3.05) is 26.4 Å². The monoisotopic (exact) mass is 462 g/mol. The summed E-state index contributed by atoms with van der Waals surface area (Å²) >= 11 is 0. The quantitative estimate of drug-likeness (QED) is 0.498. The molecule has 182 valence electrons. The highest BCUT2D eigenvalue weighted by Crippen LogP contribution is 2.42. The third-order valence-electron chi connectivity index (χ3n) is 7.78. The SMILES string of the molecule is Cc1ccc(C2=CCC3(CC2)OCCO3)cc1.Cc1ccc(C2CCC3(CC2)OCCO3)cc1. The van der Waals surface area contributed by atoms with Crippen LogP contribution >= 0.6 is 0 Å². The normalized spacial score (nSPS) is 23.5. The summed E-state index contributed by atoms with van der Waals surface area (Å²) < 4.78 is 23.0. The Morgan fingerprint density at radius 3 is 1.71 bits per heavy atom. The van der Waals surface area contributed by atoms with E-state index >= 15 is 0 Å². The van der Waals surface area contributed by atoms with Crippen LogP contribution in [0.1, 0.15) is 73.1 Å². The van der Waals surface area contributed by atoms with Crippen molar-refractivity contribution in [2.45, 2.75) is 76.3 Å². The molecule has 3 fully saturated rings. The van der Waals surface area contributed by atoms with Gasteiger partial charge in [0.05, 0.1) is 26.4 Å². The van der Waals surface area contributed by atoms with Crippen molar-refractivity contribution in [1.29, 1.82) is 0 Å². The first kappa shape index (κ1) is 23.7. The Balaban J connectivity index is 0.000000142. The summed E-state index contributed by atoms with van der Waals surface area (Å²) in [6, 6.07) is 17.7. The molecule has 0 radical (unpaired) electrons. The van der Waals surface area contributed by atoms with E-state index in [0.717, 1.165) is 58.5 Å². The number of aryl methyl sites for hydroxylation is 2. The fraction of sp³-hybridized carbons (Fsp3) is 0.533. The first-order chi connectivity index (χ1) is 16.5. The topological polar surface area (TPSA) is 36.9 Å². The van der Waals surface area contributed by atoms with Crippen molar-refractivity contribution in [3.63, 3.8) is 0 Å². The predicted molar refractivity (Wildman–Crippen MR) is 135 cm³/mol. The molecule has 0 unspecified atom stereocenters. The zero-order valence-electron chi connectivity index (χ0n) is 20.7. The van der Waals surface area contributed by atoms with Crippen molar-refractivity contribution in [3.05, 3.63) is 76.9 Å². The number of hydrogen-bond donors (Lipinski definition) is 0. The molecule has 2 aliphatic carbocycles. The Kier molecular flexibility index (Phi) is 7.22. The van der Waals surface area contributed by atoms with Crippen LogP contribution < -0.4 is 0 Å². The van der Waals surface area contributed by atoms with Crippen molar-refractivity contribution < 1.29 is 18.9 Å². The average Bonchev–Trinajstić information content (AvgIpc) is 3.52. The number of benzene rings is 2. The fourth-order valence-electron chi connectivity index (χ4n) is 5.61. The van der Waals surface area contributed by atoms with E-state index in [4.69, 9.17) is 18.9 Å². The van der Waals surface area contributed by atoms with E-state index in [2.05, 4.69) is 68.5 Å². The molecule has 0 N–H and O–H groups in total. The van der Waals surface area contributed by atoms with Gasteiger partial charge in [0, 0.05) is 25.7 Å². The van der Waals surface area contributed by atoms with Gasteiger partial charge in [-0.25, -0.2) is 0 Å². The van der Waals surface area contributed by atoms with Crippen LogP contribution in [-0.2, 0) is 18.9 Å². The van der Waals surface area contributed by atoms with Crippen LogP contribution in [0.5, 0.6) is 0 Å². The highest BCUT2D eigenvalue weighted by molar-refractivity contribution is 5.66. The summed E-state index contributed by atoms with van der Waals surface area (Å²) in [4.78, 5) is 0. The molecule has 2 aromatic rings. The lowest BCUT2D eigenvalue weighted by atomic mass is 9.81. The van der Waals surface area contributed by atoms with Gasteiger partial charge in [0.25, 0.3) is 0 Å². The fourth-order valence-corrected chi connectivity index (χ4v) is 5.61. The molecule has 0 atom stereocenters. The molecule has 0 bridgehead atoms. The van der Waals surface area contributed by atoms with E-state index in [1.165, 1.54) is 40.7 Å².